The van der Waals surface area contributed by atoms with E-state index in [9.17, 15) is 4.55 Å². The maximum atomic E-state index is 12.2. The predicted octanol–water partition coefficient (Wildman–Crippen LogP) is 4.00. The van der Waals surface area contributed by atoms with Crippen LogP contribution in [0.15, 0.2) is 12.7 Å². The van der Waals surface area contributed by atoms with E-state index in [1.165, 1.54) is 0 Å². The van der Waals surface area contributed by atoms with E-state index in [1.807, 2.05) is 26.8 Å². The summed E-state index contributed by atoms with van der Waals surface area (Å²) in [5.41, 5.74) is 0. The minimum atomic E-state index is -1.77. The van der Waals surface area contributed by atoms with Crippen LogP contribution in [0.3, 0.4) is 0 Å². The molecule has 0 heterocycles. The van der Waals surface area contributed by atoms with Crippen molar-refractivity contribution in [3.05, 3.63) is 12.7 Å². The highest BCUT2D eigenvalue weighted by atomic mass is 32.2. The van der Waals surface area contributed by atoms with Crippen molar-refractivity contribution in [1.82, 2.24) is 4.72 Å². The van der Waals surface area contributed by atoms with Gasteiger partial charge in [0.2, 0.25) is 0 Å². The van der Waals surface area contributed by atoms with Crippen LogP contribution in [0.4, 0.5) is 0 Å². The van der Waals surface area contributed by atoms with Crippen molar-refractivity contribution in [3.63, 3.8) is 0 Å². The molecule has 3 nitrogen and oxygen atoms in total. The summed E-state index contributed by atoms with van der Waals surface area (Å²) >= 11 is -1.08. The third-order valence-corrected chi connectivity index (χ3v) is 9.89. The normalized spacial score (nSPS) is 16.9. The van der Waals surface area contributed by atoms with Gasteiger partial charge in [-0.15, -0.1) is 11.3 Å². The molecule has 120 valence electrons. The minimum absolute atomic E-state index is 0.0571. The number of hydrogen-bond acceptors (Lipinski definition) is 3. The van der Waals surface area contributed by atoms with Crippen molar-refractivity contribution >= 4 is 19.7 Å². The molecule has 2 atom stereocenters. The summed E-state index contributed by atoms with van der Waals surface area (Å²) in [4.78, 5) is 0. The number of rotatable bonds is 7. The van der Waals surface area contributed by atoms with E-state index in [-0.39, 0.29) is 15.8 Å². The van der Waals surface area contributed by atoms with E-state index in [0.29, 0.717) is 6.61 Å². The Kier molecular flexibility index (Phi) is 7.52. The van der Waals surface area contributed by atoms with Gasteiger partial charge in [0.05, 0.1) is 12.6 Å². The molecule has 5 heteroatoms. The van der Waals surface area contributed by atoms with E-state index in [2.05, 4.69) is 45.2 Å². The van der Waals surface area contributed by atoms with Crippen molar-refractivity contribution in [2.75, 3.05) is 6.61 Å². The average Bonchev–Trinajstić information content (AvgIpc) is 2.23. The van der Waals surface area contributed by atoms with Crippen LogP contribution in [0.2, 0.25) is 18.1 Å². The summed E-state index contributed by atoms with van der Waals surface area (Å²) in [6, 6.07) is 0.0571. The lowest BCUT2D eigenvalue weighted by atomic mass is 10.2. The lowest BCUT2D eigenvalue weighted by Gasteiger charge is -2.37. The Labute approximate surface area is 130 Å². The zero-order chi connectivity index (χ0) is 16.2. The highest BCUT2D eigenvalue weighted by Gasteiger charge is 2.38. The predicted molar refractivity (Wildman–Crippen MR) is 92.8 cm³/mol. The van der Waals surface area contributed by atoms with Crippen LogP contribution in [0.5, 0.6) is 0 Å². The van der Waals surface area contributed by atoms with Gasteiger partial charge in [-0.05, 0) is 45.3 Å². The van der Waals surface area contributed by atoms with Crippen LogP contribution >= 0.6 is 0 Å². The highest BCUT2D eigenvalue weighted by Crippen LogP contribution is 2.36. The van der Waals surface area contributed by atoms with Gasteiger partial charge < -0.3 is 8.98 Å². The molecule has 0 aliphatic heterocycles. The summed E-state index contributed by atoms with van der Waals surface area (Å²) in [6.07, 6.45) is 2.61. The van der Waals surface area contributed by atoms with Gasteiger partial charge in [-0.1, -0.05) is 26.8 Å². The molecule has 0 aliphatic rings. The quantitative estimate of drug-likeness (QED) is 0.438. The van der Waals surface area contributed by atoms with Crippen LogP contribution in [0.1, 0.15) is 48.0 Å². The van der Waals surface area contributed by atoms with Crippen LogP contribution < -0.4 is 4.72 Å². The Balaban J connectivity index is 4.61. The monoisotopic (exact) mass is 319 g/mol. The van der Waals surface area contributed by atoms with Gasteiger partial charge in [-0.3, -0.25) is 0 Å². The van der Waals surface area contributed by atoms with Gasteiger partial charge in [0, 0.05) is 11.4 Å². The zero-order valence-electron chi connectivity index (χ0n) is 14.5. The van der Waals surface area contributed by atoms with Crippen molar-refractivity contribution in [1.29, 1.82) is 0 Å². The molecule has 0 saturated heterocycles. The van der Waals surface area contributed by atoms with E-state index in [0.717, 1.165) is 6.42 Å². The molecule has 0 bridgehead atoms. The summed E-state index contributed by atoms with van der Waals surface area (Å²) in [5, 5.41) is 0.189. The first kappa shape index (κ1) is 20.2. The Morgan fingerprint density at radius 2 is 1.75 bits per heavy atom. The van der Waals surface area contributed by atoms with Crippen LogP contribution in [0.25, 0.3) is 0 Å². The van der Waals surface area contributed by atoms with E-state index < -0.39 is 19.7 Å². The molecule has 0 aromatic heterocycles. The van der Waals surface area contributed by atoms with Crippen molar-refractivity contribution in [2.45, 2.75) is 76.9 Å². The topological polar surface area (TPSA) is 44.3 Å². The van der Waals surface area contributed by atoms with Crippen LogP contribution in [0, 0.1) is 0 Å². The van der Waals surface area contributed by atoms with Gasteiger partial charge in [0.25, 0.3) is 0 Å². The summed E-state index contributed by atoms with van der Waals surface area (Å²) in [7, 11) is -1.77. The molecule has 0 rings (SSSR count). The molecule has 0 saturated carbocycles. The van der Waals surface area contributed by atoms with Crippen LogP contribution in [-0.4, -0.2) is 30.3 Å². The largest absolute Gasteiger partial charge is 0.598 e. The van der Waals surface area contributed by atoms with Gasteiger partial charge in [0.15, 0.2) is 8.32 Å². The fourth-order valence-corrected chi connectivity index (χ4v) is 3.08. The molecule has 0 amide bonds. The lowest BCUT2D eigenvalue weighted by molar-refractivity contribution is 0.255. The summed E-state index contributed by atoms with van der Waals surface area (Å²) < 4.78 is 21.3. The first-order valence-corrected chi connectivity index (χ1v) is 11.3. The molecule has 0 fully saturated rings. The van der Waals surface area contributed by atoms with Gasteiger partial charge in [0.1, 0.15) is 4.75 Å². The van der Waals surface area contributed by atoms with E-state index >= 15 is 0 Å². The maximum Gasteiger partial charge on any atom is 0.192 e. The van der Waals surface area contributed by atoms with E-state index in [4.69, 9.17) is 4.43 Å². The maximum absolute atomic E-state index is 12.2. The second-order valence-corrected chi connectivity index (χ2v) is 14.6. The third kappa shape index (κ3) is 6.76. The molecule has 1 N–H and O–H groups in total. The Bertz CT molecular complexity index is 308. The Morgan fingerprint density at radius 3 is 2.10 bits per heavy atom. The number of nitrogens with one attached hydrogen (secondary N) is 1. The second kappa shape index (κ2) is 7.45. The van der Waals surface area contributed by atoms with E-state index in [1.54, 1.807) is 0 Å². The Morgan fingerprint density at radius 1 is 1.25 bits per heavy atom. The molecule has 0 aromatic rings. The summed E-state index contributed by atoms with van der Waals surface area (Å²) in [5.74, 6) is 0. The standard InChI is InChI=1S/C15H33NO2SSi/c1-10-11-13(16-19(17)14(2,3)4)12-18-20(8,9)15(5,6)7/h10,13,16H,1,11-12H2,2-9H3/t13-,19?/m1/s1. The van der Waals surface area contributed by atoms with Crippen molar-refractivity contribution < 1.29 is 8.98 Å². The van der Waals surface area contributed by atoms with Crippen LogP contribution in [-0.2, 0) is 15.8 Å². The van der Waals surface area contributed by atoms with Crippen molar-refractivity contribution in [3.8, 4) is 0 Å². The molecule has 0 aromatic carbocycles. The smallest absolute Gasteiger partial charge is 0.192 e. The van der Waals surface area contributed by atoms with Gasteiger partial charge >= 0.3 is 0 Å². The third-order valence-electron chi connectivity index (χ3n) is 3.73. The molecule has 0 radical (unpaired) electrons. The second-order valence-electron chi connectivity index (χ2n) is 7.79. The molecule has 0 aliphatic carbocycles. The molecular formula is C15H33NO2SSi. The first-order valence-electron chi connectivity index (χ1n) is 7.24. The van der Waals surface area contributed by atoms with Gasteiger partial charge in [-0.2, -0.15) is 0 Å². The van der Waals surface area contributed by atoms with Gasteiger partial charge in [-0.25, -0.2) is 0 Å². The Hall–Kier alpha value is 0.187. The molecule has 1 unspecified atom stereocenters. The fraction of sp³-hybridized carbons (Fsp3) is 0.867. The molecule has 20 heavy (non-hydrogen) atoms. The minimum Gasteiger partial charge on any atom is -0.598 e. The molecular weight excluding hydrogens is 286 g/mol. The fourth-order valence-electron chi connectivity index (χ4n) is 1.20. The highest BCUT2D eigenvalue weighted by molar-refractivity contribution is 7.90. The average molecular weight is 320 g/mol. The summed E-state index contributed by atoms with van der Waals surface area (Å²) in [6.45, 7) is 21.4. The van der Waals surface area contributed by atoms with Crippen molar-refractivity contribution in [2.24, 2.45) is 0 Å². The SMILES string of the molecule is C=CC[C@H](CO[Si](C)(C)C(C)(C)C)N[S+]([O-])C(C)(C)C. The number of hydrogen-bond donors (Lipinski definition) is 1. The zero-order valence-corrected chi connectivity index (χ0v) is 16.3. The first-order chi connectivity index (χ1) is 8.81. The lowest BCUT2D eigenvalue weighted by Crippen LogP contribution is -2.49. The molecule has 0 spiro atoms.